The number of nitrogens with one attached hydrogen (secondary N) is 1. The van der Waals surface area contributed by atoms with E-state index in [1.807, 2.05) is 19.1 Å². The molecule has 1 amide bonds. The number of amides is 1. The summed E-state index contributed by atoms with van der Waals surface area (Å²) in [7, 11) is -3.27. The van der Waals surface area contributed by atoms with Crippen LogP contribution in [0, 0.1) is 6.92 Å². The van der Waals surface area contributed by atoms with E-state index in [1.165, 1.54) is 10.6 Å². The van der Waals surface area contributed by atoms with Gasteiger partial charge in [0.05, 0.1) is 11.5 Å². The molecule has 2 heterocycles. The monoisotopic (exact) mass is 399 g/mol. The van der Waals surface area contributed by atoms with Gasteiger partial charge in [0.15, 0.2) is 9.84 Å². The van der Waals surface area contributed by atoms with Gasteiger partial charge in [-0.15, -0.1) is 0 Å². The van der Waals surface area contributed by atoms with Gasteiger partial charge in [-0.05, 0) is 30.5 Å². The van der Waals surface area contributed by atoms with Crippen LogP contribution < -0.4 is 10.9 Å². The highest BCUT2D eigenvalue weighted by molar-refractivity contribution is 7.90. The minimum absolute atomic E-state index is 0.0307. The zero-order chi connectivity index (χ0) is 20.1. The van der Waals surface area contributed by atoms with E-state index in [1.54, 1.807) is 36.5 Å². The fourth-order valence-electron chi connectivity index (χ4n) is 2.83. The second-order valence-electron chi connectivity index (χ2n) is 6.60. The molecule has 0 spiro atoms. The van der Waals surface area contributed by atoms with Crippen LogP contribution in [0.3, 0.4) is 0 Å². The Balaban J connectivity index is 1.58. The molecule has 0 aliphatic rings. The van der Waals surface area contributed by atoms with Crippen LogP contribution in [0.25, 0.3) is 5.65 Å². The van der Waals surface area contributed by atoms with E-state index >= 15 is 0 Å². The summed E-state index contributed by atoms with van der Waals surface area (Å²) < 4.78 is 25.7. The van der Waals surface area contributed by atoms with Gasteiger partial charge in [0.25, 0.3) is 11.5 Å². The zero-order valence-electron chi connectivity index (χ0n) is 15.5. The number of benzene rings is 1. The van der Waals surface area contributed by atoms with Gasteiger partial charge in [-0.2, -0.15) is 0 Å². The van der Waals surface area contributed by atoms with E-state index in [-0.39, 0.29) is 30.0 Å². The quantitative estimate of drug-likeness (QED) is 0.610. The van der Waals surface area contributed by atoms with Crippen LogP contribution in [0.2, 0.25) is 0 Å². The van der Waals surface area contributed by atoms with E-state index < -0.39 is 21.3 Å². The van der Waals surface area contributed by atoms with Crippen molar-refractivity contribution in [1.29, 1.82) is 0 Å². The fourth-order valence-corrected chi connectivity index (χ4v) is 4.26. The largest absolute Gasteiger partial charge is 0.352 e. The number of aryl methyl sites for hydroxylation is 1. The molecule has 3 aromatic rings. The third kappa shape index (κ3) is 4.83. The van der Waals surface area contributed by atoms with Crippen molar-refractivity contribution in [3.63, 3.8) is 0 Å². The predicted molar refractivity (Wildman–Crippen MR) is 107 cm³/mol. The van der Waals surface area contributed by atoms with Crippen molar-refractivity contribution in [2.75, 3.05) is 12.3 Å². The Hall–Kier alpha value is -3.00. The number of carbonyl (C=O) groups excluding carboxylic acids is 1. The Labute approximate surface area is 163 Å². The highest BCUT2D eigenvalue weighted by Crippen LogP contribution is 2.07. The molecule has 0 radical (unpaired) electrons. The Morgan fingerprint density at radius 3 is 2.64 bits per heavy atom. The predicted octanol–water partition coefficient (Wildman–Crippen LogP) is 1.74. The number of sulfone groups is 1. The molecule has 0 aliphatic carbocycles. The first-order valence-electron chi connectivity index (χ1n) is 8.86. The number of rotatable bonds is 7. The molecule has 2 aromatic heterocycles. The lowest BCUT2D eigenvalue weighted by molar-refractivity contribution is 0.0951. The molecule has 3 rings (SSSR count). The SMILES string of the molecule is Cc1ccc2ncc(C(=O)NCCCS(=O)(=O)Cc3ccccc3)c(=O)n2c1. The van der Waals surface area contributed by atoms with Crippen LogP contribution in [0.5, 0.6) is 0 Å². The van der Waals surface area contributed by atoms with Gasteiger partial charge in [0.1, 0.15) is 11.2 Å². The molecule has 0 saturated carbocycles. The van der Waals surface area contributed by atoms with Crippen molar-refractivity contribution in [2.24, 2.45) is 0 Å². The summed E-state index contributed by atoms with van der Waals surface area (Å²) in [6.07, 6.45) is 3.13. The summed E-state index contributed by atoms with van der Waals surface area (Å²) in [6.45, 7) is 2.00. The molecule has 28 heavy (non-hydrogen) atoms. The van der Waals surface area contributed by atoms with E-state index in [9.17, 15) is 18.0 Å². The van der Waals surface area contributed by atoms with E-state index in [0.717, 1.165) is 11.1 Å². The van der Waals surface area contributed by atoms with Gasteiger partial charge >= 0.3 is 0 Å². The first kappa shape index (κ1) is 19.8. The molecular formula is C20H21N3O4S. The summed E-state index contributed by atoms with van der Waals surface area (Å²) in [5, 5.41) is 2.60. The molecule has 0 aliphatic heterocycles. The van der Waals surface area contributed by atoms with Gasteiger partial charge in [0, 0.05) is 18.9 Å². The molecule has 0 fully saturated rings. The van der Waals surface area contributed by atoms with Gasteiger partial charge in [0.2, 0.25) is 0 Å². The van der Waals surface area contributed by atoms with Crippen LogP contribution in [-0.2, 0) is 15.6 Å². The molecule has 1 N–H and O–H groups in total. The average Bonchev–Trinajstić information content (AvgIpc) is 2.66. The Bertz CT molecular complexity index is 1160. The number of aromatic nitrogens is 2. The number of nitrogens with zero attached hydrogens (tertiary/aromatic N) is 2. The summed E-state index contributed by atoms with van der Waals surface area (Å²) in [4.78, 5) is 28.9. The molecule has 1 aromatic carbocycles. The highest BCUT2D eigenvalue weighted by atomic mass is 32.2. The van der Waals surface area contributed by atoms with Crippen LogP contribution in [0.1, 0.15) is 27.9 Å². The molecule has 0 saturated heterocycles. The van der Waals surface area contributed by atoms with E-state index in [0.29, 0.717) is 5.65 Å². The molecule has 0 atom stereocenters. The second kappa shape index (κ2) is 8.35. The third-order valence-electron chi connectivity index (χ3n) is 4.24. The highest BCUT2D eigenvalue weighted by Gasteiger charge is 2.15. The van der Waals surface area contributed by atoms with E-state index in [4.69, 9.17) is 0 Å². The Kier molecular flexibility index (Phi) is 5.89. The molecule has 0 unspecified atom stereocenters. The lowest BCUT2D eigenvalue weighted by atomic mass is 10.2. The zero-order valence-corrected chi connectivity index (χ0v) is 16.3. The van der Waals surface area contributed by atoms with Gasteiger partial charge < -0.3 is 5.32 Å². The maximum atomic E-state index is 12.5. The number of fused-ring (bicyclic) bond motifs is 1. The van der Waals surface area contributed by atoms with Crippen LogP contribution in [0.15, 0.2) is 59.7 Å². The molecular weight excluding hydrogens is 378 g/mol. The van der Waals surface area contributed by atoms with E-state index in [2.05, 4.69) is 10.3 Å². The topological polar surface area (TPSA) is 97.6 Å². The summed E-state index contributed by atoms with van der Waals surface area (Å²) in [6, 6.07) is 12.5. The van der Waals surface area contributed by atoms with Gasteiger partial charge in [-0.25, -0.2) is 13.4 Å². The minimum atomic E-state index is -3.27. The summed E-state index contributed by atoms with van der Waals surface area (Å²) in [5.74, 6) is -0.637. The lowest BCUT2D eigenvalue weighted by Crippen LogP contribution is -2.32. The maximum absolute atomic E-state index is 12.5. The summed E-state index contributed by atoms with van der Waals surface area (Å²) >= 11 is 0. The standard InChI is InChI=1S/C20H21N3O4S/c1-15-8-9-18-22-12-17(20(25)23(18)13-15)19(24)21-10-5-11-28(26,27)14-16-6-3-2-4-7-16/h2-4,6-9,12-13H,5,10-11,14H2,1H3,(H,21,24). The van der Waals surface area contributed by atoms with Crippen molar-refractivity contribution in [3.05, 3.63) is 81.9 Å². The van der Waals surface area contributed by atoms with Crippen molar-refractivity contribution >= 4 is 21.4 Å². The van der Waals surface area contributed by atoms with Crippen molar-refractivity contribution < 1.29 is 13.2 Å². The maximum Gasteiger partial charge on any atom is 0.270 e. The van der Waals surface area contributed by atoms with Crippen LogP contribution in [0.4, 0.5) is 0 Å². The van der Waals surface area contributed by atoms with Crippen LogP contribution in [-0.4, -0.2) is 36.0 Å². The van der Waals surface area contributed by atoms with Crippen LogP contribution >= 0.6 is 0 Å². The van der Waals surface area contributed by atoms with Crippen molar-refractivity contribution in [2.45, 2.75) is 19.1 Å². The lowest BCUT2D eigenvalue weighted by Gasteiger charge is -2.07. The van der Waals surface area contributed by atoms with Gasteiger partial charge in [-0.1, -0.05) is 36.4 Å². The summed E-state index contributed by atoms with van der Waals surface area (Å²) in [5.41, 5.74) is 1.53. The van der Waals surface area contributed by atoms with Crippen molar-refractivity contribution in [1.82, 2.24) is 14.7 Å². The fraction of sp³-hybridized carbons (Fsp3) is 0.250. The minimum Gasteiger partial charge on any atom is -0.352 e. The number of hydrogen-bond acceptors (Lipinski definition) is 5. The molecule has 7 nitrogen and oxygen atoms in total. The molecule has 0 bridgehead atoms. The third-order valence-corrected chi connectivity index (χ3v) is 5.93. The first-order chi connectivity index (χ1) is 13.4. The number of hydrogen-bond donors (Lipinski definition) is 1. The van der Waals surface area contributed by atoms with Gasteiger partial charge in [-0.3, -0.25) is 14.0 Å². The van der Waals surface area contributed by atoms with Crippen molar-refractivity contribution in [3.8, 4) is 0 Å². The average molecular weight is 399 g/mol. The molecule has 146 valence electrons. The second-order valence-corrected chi connectivity index (χ2v) is 8.78. The number of carbonyl (C=O) groups is 1. The normalized spacial score (nSPS) is 11.5. The Morgan fingerprint density at radius 2 is 1.89 bits per heavy atom. The number of pyridine rings is 1. The Morgan fingerprint density at radius 1 is 1.14 bits per heavy atom. The molecule has 8 heteroatoms. The smallest absolute Gasteiger partial charge is 0.270 e. The first-order valence-corrected chi connectivity index (χ1v) is 10.7.